The second-order valence-corrected chi connectivity index (χ2v) is 7.53. The van der Waals surface area contributed by atoms with E-state index >= 15 is 0 Å². The van der Waals surface area contributed by atoms with Crippen LogP contribution < -0.4 is 10.2 Å². The van der Waals surface area contributed by atoms with Crippen molar-refractivity contribution in [2.24, 2.45) is 5.92 Å². The molecule has 1 aliphatic carbocycles. The summed E-state index contributed by atoms with van der Waals surface area (Å²) in [5.41, 5.74) is 2.36. The maximum absolute atomic E-state index is 13.1. The van der Waals surface area contributed by atoms with Crippen LogP contribution in [0.2, 0.25) is 0 Å². The Morgan fingerprint density at radius 2 is 2.00 bits per heavy atom. The fraction of sp³-hybridized carbons (Fsp3) is 0.286. The molecule has 3 heterocycles. The Kier molecular flexibility index (Phi) is 4.19. The van der Waals surface area contributed by atoms with E-state index in [0.717, 1.165) is 42.2 Å². The Bertz CT molecular complexity index is 1060. The quantitative estimate of drug-likeness (QED) is 0.737. The minimum absolute atomic E-state index is 0.0642. The molecule has 146 valence electrons. The van der Waals surface area contributed by atoms with Gasteiger partial charge in [0.05, 0.1) is 12.4 Å². The monoisotopic (exact) mass is 390 g/mol. The molecule has 3 aromatic rings. The van der Waals surface area contributed by atoms with E-state index < -0.39 is 5.82 Å². The van der Waals surface area contributed by atoms with Gasteiger partial charge in [-0.2, -0.15) is 0 Å². The normalized spacial score (nSPS) is 22.3. The first-order valence-electron chi connectivity index (χ1n) is 9.54. The van der Waals surface area contributed by atoms with Crippen LogP contribution in [0.5, 0.6) is 0 Å². The zero-order valence-corrected chi connectivity index (χ0v) is 15.8. The highest BCUT2D eigenvalue weighted by molar-refractivity contribution is 5.98. The molecule has 1 amide bonds. The van der Waals surface area contributed by atoms with E-state index in [4.69, 9.17) is 0 Å². The lowest BCUT2D eigenvalue weighted by Crippen LogP contribution is -2.42. The van der Waals surface area contributed by atoms with Gasteiger partial charge in [0.2, 0.25) is 5.91 Å². The Hall–Kier alpha value is -3.42. The average Bonchev–Trinajstić information content (AvgIpc) is 3.40. The van der Waals surface area contributed by atoms with Crippen molar-refractivity contribution in [2.75, 3.05) is 10.2 Å². The Morgan fingerprint density at radius 3 is 2.76 bits per heavy atom. The minimum Gasteiger partial charge on any atom is -0.341 e. The van der Waals surface area contributed by atoms with Crippen LogP contribution in [-0.4, -0.2) is 37.9 Å². The fourth-order valence-electron chi connectivity index (χ4n) is 4.07. The first-order valence-corrected chi connectivity index (χ1v) is 9.54. The molecule has 29 heavy (non-hydrogen) atoms. The molecule has 2 aromatic heterocycles. The number of rotatable bonds is 4. The molecule has 8 heteroatoms. The average molecular weight is 390 g/mol. The zero-order chi connectivity index (χ0) is 20.0. The number of carbonyl (C=O) groups excluding carboxylic acids is 1. The number of hydrogen-bond acceptors (Lipinski definition) is 6. The SMILES string of the molecule is Cc1ccc(NC(=O)C2CC3CC3N2c2ccncn2)cc1-c1ncc(F)cn1. The number of nitrogens with one attached hydrogen (secondary N) is 1. The number of piperidine rings is 1. The molecule has 0 bridgehead atoms. The van der Waals surface area contributed by atoms with Crippen LogP contribution in [0.4, 0.5) is 15.9 Å². The third kappa shape index (κ3) is 3.30. The van der Waals surface area contributed by atoms with Gasteiger partial charge < -0.3 is 10.2 Å². The largest absolute Gasteiger partial charge is 0.341 e. The van der Waals surface area contributed by atoms with Crippen molar-refractivity contribution in [2.45, 2.75) is 31.8 Å². The predicted molar refractivity (Wildman–Crippen MR) is 106 cm³/mol. The van der Waals surface area contributed by atoms with E-state index in [9.17, 15) is 9.18 Å². The maximum Gasteiger partial charge on any atom is 0.247 e. The van der Waals surface area contributed by atoms with Crippen molar-refractivity contribution in [1.29, 1.82) is 0 Å². The lowest BCUT2D eigenvalue weighted by atomic mass is 10.1. The first-order chi connectivity index (χ1) is 14.1. The fourth-order valence-corrected chi connectivity index (χ4v) is 4.07. The smallest absolute Gasteiger partial charge is 0.247 e. The summed E-state index contributed by atoms with van der Waals surface area (Å²) in [5.74, 6) is 1.20. The van der Waals surface area contributed by atoms with Crippen LogP contribution in [0, 0.1) is 18.7 Å². The number of anilines is 2. The summed E-state index contributed by atoms with van der Waals surface area (Å²) in [6, 6.07) is 7.53. The molecule has 1 saturated carbocycles. The standard InChI is InChI=1S/C21H19FN6O/c1-12-2-3-15(8-16(12)20-24-9-14(22)10-25-20)27-21(29)18-7-13-6-17(13)28(18)19-4-5-23-11-26-19/h2-5,8-11,13,17-18H,6-7H2,1H3,(H,27,29). The van der Waals surface area contributed by atoms with Crippen molar-refractivity contribution < 1.29 is 9.18 Å². The van der Waals surface area contributed by atoms with Gasteiger partial charge >= 0.3 is 0 Å². The summed E-state index contributed by atoms with van der Waals surface area (Å²) in [6.45, 7) is 1.93. The van der Waals surface area contributed by atoms with Crippen LogP contribution >= 0.6 is 0 Å². The van der Waals surface area contributed by atoms with Gasteiger partial charge in [0.15, 0.2) is 11.6 Å². The second-order valence-electron chi connectivity index (χ2n) is 7.53. The number of amides is 1. The molecule has 1 aromatic carbocycles. The van der Waals surface area contributed by atoms with Gasteiger partial charge in [-0.05, 0) is 49.4 Å². The molecule has 2 aliphatic rings. The van der Waals surface area contributed by atoms with Crippen LogP contribution in [0.1, 0.15) is 18.4 Å². The van der Waals surface area contributed by atoms with Crippen LogP contribution in [0.25, 0.3) is 11.4 Å². The minimum atomic E-state index is -0.486. The summed E-state index contributed by atoms with van der Waals surface area (Å²) in [4.78, 5) is 31.6. The Labute approximate surface area is 167 Å². The highest BCUT2D eigenvalue weighted by atomic mass is 19.1. The molecule has 2 fully saturated rings. The van der Waals surface area contributed by atoms with Gasteiger partial charge in [0.25, 0.3) is 0 Å². The van der Waals surface area contributed by atoms with Crippen LogP contribution in [0.3, 0.4) is 0 Å². The van der Waals surface area contributed by atoms with Crippen molar-refractivity contribution in [3.63, 3.8) is 0 Å². The summed E-state index contributed by atoms with van der Waals surface area (Å²) < 4.78 is 13.1. The Morgan fingerprint density at radius 1 is 1.17 bits per heavy atom. The molecule has 3 atom stereocenters. The molecular weight excluding hydrogens is 371 g/mol. The lowest BCUT2D eigenvalue weighted by Gasteiger charge is -2.27. The second kappa shape index (κ2) is 6.88. The van der Waals surface area contributed by atoms with Gasteiger partial charge in [-0.3, -0.25) is 4.79 Å². The molecule has 1 saturated heterocycles. The molecule has 3 unspecified atom stereocenters. The molecule has 1 N–H and O–H groups in total. The van der Waals surface area contributed by atoms with E-state index in [1.807, 2.05) is 31.2 Å². The molecule has 0 radical (unpaired) electrons. The van der Waals surface area contributed by atoms with E-state index in [2.05, 4.69) is 30.2 Å². The van der Waals surface area contributed by atoms with Crippen molar-refractivity contribution in [3.8, 4) is 11.4 Å². The predicted octanol–water partition coefficient (Wildman–Crippen LogP) is 2.99. The number of carbonyl (C=O) groups is 1. The Balaban J connectivity index is 1.38. The van der Waals surface area contributed by atoms with E-state index in [1.54, 1.807) is 6.20 Å². The molecule has 1 aliphatic heterocycles. The van der Waals surface area contributed by atoms with Gasteiger partial charge in [-0.15, -0.1) is 0 Å². The summed E-state index contributed by atoms with van der Waals surface area (Å²) in [6.07, 6.45) is 7.40. The number of aryl methyl sites for hydroxylation is 1. The van der Waals surface area contributed by atoms with E-state index in [-0.39, 0.29) is 11.9 Å². The number of fused-ring (bicyclic) bond motifs is 1. The first kappa shape index (κ1) is 17.7. The molecule has 0 spiro atoms. The van der Waals surface area contributed by atoms with Crippen LogP contribution in [-0.2, 0) is 4.79 Å². The third-order valence-electron chi connectivity index (χ3n) is 5.60. The van der Waals surface area contributed by atoms with Gasteiger partial charge in [-0.1, -0.05) is 6.07 Å². The van der Waals surface area contributed by atoms with Crippen molar-refractivity contribution >= 4 is 17.4 Å². The molecular formula is C21H19FN6O. The van der Waals surface area contributed by atoms with E-state index in [1.165, 1.54) is 6.33 Å². The summed E-state index contributed by atoms with van der Waals surface area (Å²) in [5, 5.41) is 3.02. The summed E-state index contributed by atoms with van der Waals surface area (Å²) >= 11 is 0. The zero-order valence-electron chi connectivity index (χ0n) is 15.8. The lowest BCUT2D eigenvalue weighted by molar-refractivity contribution is -0.117. The number of halogens is 1. The number of benzene rings is 1. The van der Waals surface area contributed by atoms with E-state index in [0.29, 0.717) is 23.5 Å². The topological polar surface area (TPSA) is 83.9 Å². The van der Waals surface area contributed by atoms with Crippen molar-refractivity contribution in [1.82, 2.24) is 19.9 Å². The number of hydrogen-bond donors (Lipinski definition) is 1. The van der Waals surface area contributed by atoms with Crippen molar-refractivity contribution in [3.05, 3.63) is 60.6 Å². The maximum atomic E-state index is 13.1. The third-order valence-corrected chi connectivity index (χ3v) is 5.60. The van der Waals surface area contributed by atoms with Crippen LogP contribution in [0.15, 0.2) is 49.2 Å². The summed E-state index contributed by atoms with van der Waals surface area (Å²) in [7, 11) is 0. The highest BCUT2D eigenvalue weighted by Crippen LogP contribution is 2.49. The van der Waals surface area contributed by atoms with Gasteiger partial charge in [0, 0.05) is 23.5 Å². The molecule has 7 nitrogen and oxygen atoms in total. The number of aromatic nitrogens is 4. The number of nitrogens with zero attached hydrogens (tertiary/aromatic N) is 5. The highest BCUT2D eigenvalue weighted by Gasteiger charge is 2.54. The van der Waals surface area contributed by atoms with Gasteiger partial charge in [0.1, 0.15) is 18.2 Å². The van der Waals surface area contributed by atoms with Gasteiger partial charge in [-0.25, -0.2) is 24.3 Å². The molecule has 5 rings (SSSR count).